The Kier molecular flexibility index (Phi) is 34.9. The number of nitrogens with two attached hydrogens (primary N) is 1. The van der Waals surface area contributed by atoms with Gasteiger partial charge < -0.3 is 7.16 Å². The Morgan fingerprint density at radius 3 is 1.00 bits per heavy atom. The molecule has 102 valence electrons. The summed E-state index contributed by atoms with van der Waals surface area (Å²) in [6.07, 6.45) is 15.5. The minimum absolute atomic E-state index is 0. The number of rotatable bonds is 10. The molecule has 0 unspecified atom stereocenters. The molecule has 17 heavy (non-hydrogen) atoms. The Labute approximate surface area is 134 Å². The average molecular weight is 253 g/mol. The first-order valence-electron chi connectivity index (χ1n) is 7.53. The first-order chi connectivity index (χ1) is 7.83. The van der Waals surface area contributed by atoms with Crippen LogP contribution in [0.4, 0.5) is 0 Å². The van der Waals surface area contributed by atoms with Gasteiger partial charge in [-0.05, 0) is 13.0 Å². The molecule has 0 saturated heterocycles. The number of hydrogen-bond donors (Lipinski definition) is 1. The summed E-state index contributed by atoms with van der Waals surface area (Å²) in [6.45, 7) is 7.43. The predicted molar refractivity (Wildman–Crippen MR) is 78.0 cm³/mol. The summed E-state index contributed by atoms with van der Waals surface area (Å²) in [4.78, 5) is 0. The van der Waals surface area contributed by atoms with Crippen LogP contribution >= 0.6 is 0 Å². The quantitative estimate of drug-likeness (QED) is 0.469. The molecule has 0 spiro atoms. The fourth-order valence-electron chi connectivity index (χ4n) is 1.56. The molecular formula is C15H36NNa. The van der Waals surface area contributed by atoms with Gasteiger partial charge in [0.05, 0.1) is 0 Å². The van der Waals surface area contributed by atoms with Crippen molar-refractivity contribution in [3.05, 3.63) is 0 Å². The summed E-state index contributed by atoms with van der Waals surface area (Å²) in [5, 5.41) is 0. The third-order valence-corrected chi connectivity index (χ3v) is 2.75. The van der Waals surface area contributed by atoms with Crippen molar-refractivity contribution in [3.8, 4) is 0 Å². The van der Waals surface area contributed by atoms with Crippen LogP contribution in [0.2, 0.25) is 0 Å². The normalized spacial score (nSPS) is 9.18. The van der Waals surface area contributed by atoms with Crippen molar-refractivity contribution in [2.45, 2.75) is 91.4 Å². The van der Waals surface area contributed by atoms with Gasteiger partial charge in [0, 0.05) is 0 Å². The van der Waals surface area contributed by atoms with Crippen LogP contribution in [-0.2, 0) is 0 Å². The zero-order valence-electron chi connectivity index (χ0n) is 14.1. The van der Waals surface area contributed by atoms with E-state index in [2.05, 4.69) is 20.8 Å². The van der Waals surface area contributed by atoms with Crippen LogP contribution in [0.25, 0.3) is 0 Å². The van der Waals surface area contributed by atoms with E-state index in [0.29, 0.717) is 0 Å². The summed E-state index contributed by atoms with van der Waals surface area (Å²) in [7, 11) is 0. The molecule has 1 nitrogen and oxygen atoms in total. The molecule has 0 aromatic rings. The molecule has 0 aliphatic carbocycles. The standard InChI is InChI=1S/C12H26.C3H9N.Na.H/c1-3-5-7-9-11-12-10-8-6-4-2;1-2-3-4;;/h3-12H2,1-2H3;2-4H2,1H3;;/q;;+1;-1. The molecule has 0 fully saturated rings. The molecule has 0 aromatic carbocycles. The summed E-state index contributed by atoms with van der Waals surface area (Å²) in [5.74, 6) is 0. The van der Waals surface area contributed by atoms with Crippen LogP contribution in [0.3, 0.4) is 0 Å². The van der Waals surface area contributed by atoms with Gasteiger partial charge in [-0.3, -0.25) is 0 Å². The molecule has 0 bridgehead atoms. The maximum Gasteiger partial charge on any atom is 1.00 e. The minimum atomic E-state index is 0. The molecule has 0 aliphatic heterocycles. The third kappa shape index (κ3) is 31.6. The van der Waals surface area contributed by atoms with E-state index in [4.69, 9.17) is 5.73 Å². The van der Waals surface area contributed by atoms with Crippen molar-refractivity contribution in [2.24, 2.45) is 5.73 Å². The number of unbranched alkanes of at least 4 members (excludes halogenated alkanes) is 9. The van der Waals surface area contributed by atoms with E-state index in [9.17, 15) is 0 Å². The molecule has 0 atom stereocenters. The largest absolute Gasteiger partial charge is 1.00 e. The van der Waals surface area contributed by atoms with Crippen LogP contribution < -0.4 is 35.3 Å². The van der Waals surface area contributed by atoms with Crippen molar-refractivity contribution in [2.75, 3.05) is 6.54 Å². The van der Waals surface area contributed by atoms with E-state index in [1.54, 1.807) is 0 Å². The van der Waals surface area contributed by atoms with E-state index in [1.165, 1.54) is 64.2 Å². The van der Waals surface area contributed by atoms with E-state index in [-0.39, 0.29) is 31.0 Å². The van der Waals surface area contributed by atoms with E-state index in [1.807, 2.05) is 0 Å². The van der Waals surface area contributed by atoms with Crippen molar-refractivity contribution < 1.29 is 31.0 Å². The Bertz CT molecular complexity index is 90.5. The van der Waals surface area contributed by atoms with Gasteiger partial charge in [0.15, 0.2) is 0 Å². The summed E-state index contributed by atoms with van der Waals surface area (Å²) in [5.41, 5.74) is 5.03. The zero-order valence-corrected chi connectivity index (χ0v) is 15.1. The molecule has 0 radical (unpaired) electrons. The van der Waals surface area contributed by atoms with Crippen LogP contribution in [0.15, 0.2) is 0 Å². The Morgan fingerprint density at radius 1 is 0.588 bits per heavy atom. The molecular weight excluding hydrogens is 217 g/mol. The van der Waals surface area contributed by atoms with Crippen molar-refractivity contribution >= 4 is 0 Å². The van der Waals surface area contributed by atoms with Crippen LogP contribution in [-0.4, -0.2) is 6.54 Å². The second-order valence-corrected chi connectivity index (χ2v) is 4.62. The second-order valence-electron chi connectivity index (χ2n) is 4.62. The van der Waals surface area contributed by atoms with Gasteiger partial charge in [0.1, 0.15) is 0 Å². The van der Waals surface area contributed by atoms with Gasteiger partial charge in [0.25, 0.3) is 0 Å². The number of hydrogen-bond acceptors (Lipinski definition) is 1. The molecule has 0 amide bonds. The van der Waals surface area contributed by atoms with Crippen LogP contribution in [0.5, 0.6) is 0 Å². The first-order valence-corrected chi connectivity index (χ1v) is 7.53. The maximum atomic E-state index is 5.03. The monoisotopic (exact) mass is 253 g/mol. The van der Waals surface area contributed by atoms with Crippen LogP contribution in [0.1, 0.15) is 92.8 Å². The van der Waals surface area contributed by atoms with Crippen molar-refractivity contribution in [1.29, 1.82) is 0 Å². The Morgan fingerprint density at radius 2 is 0.824 bits per heavy atom. The Hall–Kier alpha value is 0.960. The minimum Gasteiger partial charge on any atom is -1.00 e. The predicted octanol–water partition coefficient (Wildman–Crippen LogP) is 2.40. The first kappa shape index (κ1) is 23.1. The van der Waals surface area contributed by atoms with Crippen molar-refractivity contribution in [3.63, 3.8) is 0 Å². The summed E-state index contributed by atoms with van der Waals surface area (Å²) in [6, 6.07) is 0. The van der Waals surface area contributed by atoms with E-state index in [0.717, 1.165) is 13.0 Å². The summed E-state index contributed by atoms with van der Waals surface area (Å²) < 4.78 is 0. The fraction of sp³-hybridized carbons (Fsp3) is 1.00. The van der Waals surface area contributed by atoms with Gasteiger partial charge in [0.2, 0.25) is 0 Å². The van der Waals surface area contributed by atoms with Crippen LogP contribution in [0, 0.1) is 0 Å². The molecule has 0 rings (SSSR count). The van der Waals surface area contributed by atoms with Gasteiger partial charge >= 0.3 is 29.6 Å². The SMILES string of the molecule is CCCCCCCCCCCC.CCCN.[H-].[Na+]. The van der Waals surface area contributed by atoms with Gasteiger partial charge in [-0.25, -0.2) is 0 Å². The van der Waals surface area contributed by atoms with Crippen molar-refractivity contribution in [1.82, 2.24) is 0 Å². The molecule has 0 saturated carbocycles. The molecule has 0 aliphatic rings. The van der Waals surface area contributed by atoms with Gasteiger partial charge in [-0.2, -0.15) is 0 Å². The smallest absolute Gasteiger partial charge is 1.00 e. The van der Waals surface area contributed by atoms with E-state index >= 15 is 0 Å². The van der Waals surface area contributed by atoms with Gasteiger partial charge in [-0.1, -0.05) is 85.0 Å². The molecule has 0 heterocycles. The Balaban J connectivity index is -0.000000143. The molecule has 2 N–H and O–H groups in total. The van der Waals surface area contributed by atoms with E-state index < -0.39 is 0 Å². The molecule has 0 aromatic heterocycles. The van der Waals surface area contributed by atoms with Gasteiger partial charge in [-0.15, -0.1) is 0 Å². The third-order valence-electron chi connectivity index (χ3n) is 2.75. The average Bonchev–Trinajstić information content (AvgIpc) is 2.33. The summed E-state index contributed by atoms with van der Waals surface area (Å²) >= 11 is 0. The topological polar surface area (TPSA) is 26.0 Å². The maximum absolute atomic E-state index is 5.03. The fourth-order valence-corrected chi connectivity index (χ4v) is 1.56. The second kappa shape index (κ2) is 25.7. The zero-order chi connectivity index (χ0) is 12.5. The molecule has 2 heteroatoms.